The molecule has 2 aromatic carbocycles. The number of nitrogens with one attached hydrogen (secondary N) is 1. The molecule has 3 N–H and O–H groups in total. The minimum Gasteiger partial charge on any atom is -0.493 e. The Morgan fingerprint density at radius 3 is 2.83 bits per heavy atom. The fourth-order valence-electron chi connectivity index (χ4n) is 2.58. The first-order valence-corrected chi connectivity index (χ1v) is 8.71. The minimum atomic E-state index is -0.598. The zero-order chi connectivity index (χ0) is 20.8. The van der Waals surface area contributed by atoms with E-state index in [1.54, 1.807) is 25.1 Å². The second-order valence-corrected chi connectivity index (χ2v) is 6.10. The lowest BCUT2D eigenvalue weighted by atomic mass is 10.2. The number of amides is 2. The number of para-hydroxylation sites is 1. The van der Waals surface area contributed by atoms with Crippen LogP contribution in [0, 0.1) is 0 Å². The number of aromatic nitrogens is 3. The Kier molecular flexibility index (Phi) is 6.03. The van der Waals surface area contributed by atoms with Gasteiger partial charge in [-0.3, -0.25) is 9.59 Å². The number of rotatable bonds is 8. The summed E-state index contributed by atoms with van der Waals surface area (Å²) in [6, 6.07) is 11.8. The van der Waals surface area contributed by atoms with E-state index in [1.807, 2.05) is 24.3 Å². The Balaban J connectivity index is 1.65. The third kappa shape index (κ3) is 4.67. The molecule has 2 amide bonds. The number of methoxy groups -OCH3 is 1. The van der Waals surface area contributed by atoms with Crippen LogP contribution in [0.1, 0.15) is 18.5 Å². The Hall–Kier alpha value is -3.95. The molecule has 0 unspecified atom stereocenters. The Morgan fingerprint density at radius 2 is 2.07 bits per heavy atom. The second kappa shape index (κ2) is 8.83. The summed E-state index contributed by atoms with van der Waals surface area (Å²) in [5, 5.41) is 12.1. The molecule has 1 heterocycles. The van der Waals surface area contributed by atoms with Gasteiger partial charge in [0.05, 0.1) is 18.8 Å². The van der Waals surface area contributed by atoms with Crippen molar-refractivity contribution in [2.75, 3.05) is 13.7 Å². The van der Waals surface area contributed by atoms with Crippen LogP contribution in [0.25, 0.3) is 11.0 Å². The highest BCUT2D eigenvalue weighted by molar-refractivity contribution is 5.85. The van der Waals surface area contributed by atoms with E-state index < -0.39 is 11.9 Å². The summed E-state index contributed by atoms with van der Waals surface area (Å²) in [7, 11) is 1.47. The number of primary amides is 1. The molecule has 10 nitrogen and oxygen atoms in total. The molecule has 150 valence electrons. The lowest BCUT2D eigenvalue weighted by molar-refractivity contribution is -0.124. The van der Waals surface area contributed by atoms with Crippen LogP contribution in [-0.2, 0) is 9.59 Å². The molecule has 1 atom stereocenters. The van der Waals surface area contributed by atoms with Crippen molar-refractivity contribution in [2.45, 2.75) is 13.0 Å². The number of ether oxygens (including phenoxy) is 2. The number of hydrazone groups is 1. The normalized spacial score (nSPS) is 12.1. The summed E-state index contributed by atoms with van der Waals surface area (Å²) in [4.78, 5) is 23.2. The van der Waals surface area contributed by atoms with Gasteiger partial charge in [0.25, 0.3) is 11.8 Å². The molecule has 3 aromatic rings. The van der Waals surface area contributed by atoms with E-state index >= 15 is 0 Å². The fourth-order valence-corrected chi connectivity index (χ4v) is 2.58. The van der Waals surface area contributed by atoms with Crippen LogP contribution in [0.3, 0.4) is 0 Å². The van der Waals surface area contributed by atoms with E-state index in [0.717, 1.165) is 5.52 Å². The molecular formula is C19H20N6O4. The van der Waals surface area contributed by atoms with E-state index in [-0.39, 0.29) is 12.5 Å². The van der Waals surface area contributed by atoms with Crippen molar-refractivity contribution in [3.8, 4) is 11.5 Å². The maximum absolute atomic E-state index is 12.4. The van der Waals surface area contributed by atoms with Gasteiger partial charge in [0.2, 0.25) is 0 Å². The second-order valence-electron chi connectivity index (χ2n) is 6.10. The number of benzene rings is 2. The highest BCUT2D eigenvalue weighted by Gasteiger charge is 2.18. The lowest BCUT2D eigenvalue weighted by Crippen LogP contribution is -2.28. The largest absolute Gasteiger partial charge is 0.493 e. The van der Waals surface area contributed by atoms with E-state index in [1.165, 1.54) is 18.0 Å². The average Bonchev–Trinajstić information content (AvgIpc) is 3.16. The number of carbonyl (C=O) groups is 2. The number of carbonyl (C=O) groups excluding carboxylic acids is 2. The van der Waals surface area contributed by atoms with Crippen LogP contribution in [0.5, 0.6) is 11.5 Å². The minimum absolute atomic E-state index is 0.255. The van der Waals surface area contributed by atoms with E-state index in [9.17, 15) is 9.59 Å². The van der Waals surface area contributed by atoms with Gasteiger partial charge in [-0.15, -0.1) is 5.10 Å². The van der Waals surface area contributed by atoms with Crippen molar-refractivity contribution in [3.05, 3.63) is 48.0 Å². The first kappa shape index (κ1) is 19.8. The highest BCUT2D eigenvalue weighted by Crippen LogP contribution is 2.27. The van der Waals surface area contributed by atoms with Crippen LogP contribution in [0.2, 0.25) is 0 Å². The first-order chi connectivity index (χ1) is 14.0. The van der Waals surface area contributed by atoms with Gasteiger partial charge in [0, 0.05) is 0 Å². The van der Waals surface area contributed by atoms with Crippen molar-refractivity contribution >= 4 is 29.1 Å². The maximum atomic E-state index is 12.4. The predicted octanol–water partition coefficient (Wildman–Crippen LogP) is 1.02. The molecule has 0 radical (unpaired) electrons. The summed E-state index contributed by atoms with van der Waals surface area (Å²) >= 11 is 0. The van der Waals surface area contributed by atoms with Gasteiger partial charge >= 0.3 is 0 Å². The molecule has 0 saturated heterocycles. The number of nitrogens with two attached hydrogens (primary N) is 1. The van der Waals surface area contributed by atoms with Gasteiger partial charge in [-0.1, -0.05) is 17.3 Å². The smallest absolute Gasteiger partial charge is 0.264 e. The van der Waals surface area contributed by atoms with Gasteiger partial charge in [0.1, 0.15) is 11.6 Å². The van der Waals surface area contributed by atoms with Crippen molar-refractivity contribution in [1.82, 2.24) is 20.4 Å². The molecule has 0 aliphatic heterocycles. The number of fused-ring (bicyclic) bond motifs is 1. The maximum Gasteiger partial charge on any atom is 0.264 e. The first-order valence-electron chi connectivity index (χ1n) is 8.71. The molecule has 0 saturated carbocycles. The van der Waals surface area contributed by atoms with E-state index in [4.69, 9.17) is 15.2 Å². The van der Waals surface area contributed by atoms with Crippen LogP contribution in [-0.4, -0.2) is 46.7 Å². The monoisotopic (exact) mass is 396 g/mol. The van der Waals surface area contributed by atoms with E-state index in [0.29, 0.717) is 22.6 Å². The number of hydrogen-bond acceptors (Lipinski definition) is 7. The fraction of sp³-hybridized carbons (Fsp3) is 0.211. The standard InChI is InChI=1S/C19H20N6O4/c1-12(25-15-6-4-3-5-14(15)22-24-25)19(27)23-21-10-13-7-8-16(17(9-13)28-2)29-11-18(20)26/h3-10,12H,11H2,1-2H3,(H2,20,26)(H,23,27)/b21-10-/t12-/m1/s1. The molecule has 1 aromatic heterocycles. The lowest BCUT2D eigenvalue weighted by Gasteiger charge is -2.11. The Labute approximate surface area is 166 Å². The topological polar surface area (TPSA) is 134 Å². The number of nitrogens with zero attached hydrogens (tertiary/aromatic N) is 4. The summed E-state index contributed by atoms with van der Waals surface area (Å²) in [6.07, 6.45) is 1.46. The molecule has 0 bridgehead atoms. The van der Waals surface area contributed by atoms with Crippen LogP contribution >= 0.6 is 0 Å². The zero-order valence-electron chi connectivity index (χ0n) is 15.9. The molecular weight excluding hydrogens is 376 g/mol. The molecule has 0 aliphatic carbocycles. The molecule has 0 spiro atoms. The van der Waals surface area contributed by atoms with Gasteiger partial charge in [-0.25, -0.2) is 10.1 Å². The number of hydrogen-bond donors (Lipinski definition) is 2. The van der Waals surface area contributed by atoms with Crippen LogP contribution in [0.15, 0.2) is 47.6 Å². The quantitative estimate of drug-likeness (QED) is 0.431. The molecule has 0 aliphatic rings. The third-order valence-electron chi connectivity index (χ3n) is 4.07. The highest BCUT2D eigenvalue weighted by atomic mass is 16.5. The van der Waals surface area contributed by atoms with Gasteiger partial charge in [-0.05, 0) is 42.8 Å². The Bertz CT molecular complexity index is 1060. The van der Waals surface area contributed by atoms with Gasteiger partial charge in [-0.2, -0.15) is 5.10 Å². The summed E-state index contributed by atoms with van der Waals surface area (Å²) in [6.45, 7) is 1.45. The average molecular weight is 396 g/mol. The van der Waals surface area contributed by atoms with Gasteiger partial charge < -0.3 is 15.2 Å². The SMILES string of the molecule is COc1cc(/C=N\NC(=O)[C@@H](C)n2nnc3ccccc32)ccc1OCC(N)=O. The van der Waals surface area contributed by atoms with Crippen molar-refractivity contribution in [1.29, 1.82) is 0 Å². The van der Waals surface area contributed by atoms with Crippen LogP contribution < -0.4 is 20.6 Å². The molecule has 0 fully saturated rings. The third-order valence-corrected chi connectivity index (χ3v) is 4.07. The summed E-state index contributed by atoms with van der Waals surface area (Å²) in [5.74, 6) is -0.150. The zero-order valence-corrected chi connectivity index (χ0v) is 15.9. The van der Waals surface area contributed by atoms with E-state index in [2.05, 4.69) is 20.8 Å². The Morgan fingerprint density at radius 1 is 1.28 bits per heavy atom. The van der Waals surface area contributed by atoms with Crippen molar-refractivity contribution in [3.63, 3.8) is 0 Å². The summed E-state index contributed by atoms with van der Waals surface area (Å²) in [5.41, 5.74) is 9.68. The molecule has 10 heteroatoms. The molecule has 29 heavy (non-hydrogen) atoms. The molecule has 3 rings (SSSR count). The van der Waals surface area contributed by atoms with Crippen LogP contribution in [0.4, 0.5) is 0 Å². The van der Waals surface area contributed by atoms with Crippen molar-refractivity contribution in [2.24, 2.45) is 10.8 Å². The van der Waals surface area contributed by atoms with Gasteiger partial charge in [0.15, 0.2) is 18.1 Å². The van der Waals surface area contributed by atoms with Crippen molar-refractivity contribution < 1.29 is 19.1 Å². The predicted molar refractivity (Wildman–Crippen MR) is 106 cm³/mol. The summed E-state index contributed by atoms with van der Waals surface area (Å²) < 4.78 is 12.0.